The fourth-order valence-electron chi connectivity index (χ4n) is 2.58. The van der Waals surface area contributed by atoms with Gasteiger partial charge in [0.1, 0.15) is 0 Å². The molecule has 0 bridgehead atoms. The highest BCUT2D eigenvalue weighted by molar-refractivity contribution is 7.99. The van der Waals surface area contributed by atoms with E-state index in [-0.39, 0.29) is 5.54 Å². The molecule has 0 aromatic carbocycles. The number of carbonyl (C=O) groups excluding carboxylic acids is 1. The summed E-state index contributed by atoms with van der Waals surface area (Å²) in [5, 5.41) is 0. The van der Waals surface area contributed by atoms with Crippen molar-refractivity contribution in [1.82, 2.24) is 4.90 Å². The van der Waals surface area contributed by atoms with Crippen molar-refractivity contribution in [3.63, 3.8) is 0 Å². The SMILES string of the molecule is CC(C)N1CCC(=O)C12CCSC2. The number of nitrogens with zero attached hydrogens (tertiary/aromatic N) is 1. The number of thioether (sulfide) groups is 1. The Morgan fingerprint density at radius 1 is 1.54 bits per heavy atom. The maximum Gasteiger partial charge on any atom is 0.155 e. The Bertz CT molecular complexity index is 221. The van der Waals surface area contributed by atoms with Crippen LogP contribution in [0.25, 0.3) is 0 Å². The molecule has 1 atom stereocenters. The molecule has 2 nitrogen and oxygen atoms in total. The molecule has 0 aliphatic carbocycles. The van der Waals surface area contributed by atoms with Crippen LogP contribution >= 0.6 is 11.8 Å². The lowest BCUT2D eigenvalue weighted by Gasteiger charge is -2.35. The summed E-state index contributed by atoms with van der Waals surface area (Å²) in [6.07, 6.45) is 1.85. The average Bonchev–Trinajstić information content (AvgIpc) is 2.64. The normalized spacial score (nSPS) is 35.5. The van der Waals surface area contributed by atoms with Crippen LogP contribution in [0, 0.1) is 0 Å². The molecule has 0 saturated carbocycles. The van der Waals surface area contributed by atoms with Crippen LogP contribution in [-0.2, 0) is 4.79 Å². The molecule has 74 valence electrons. The van der Waals surface area contributed by atoms with Gasteiger partial charge in [-0.1, -0.05) is 0 Å². The second kappa shape index (κ2) is 3.28. The first-order valence-corrected chi connectivity index (χ1v) is 6.20. The van der Waals surface area contributed by atoms with Crippen molar-refractivity contribution in [1.29, 1.82) is 0 Å². The highest BCUT2D eigenvalue weighted by Gasteiger charge is 2.50. The van der Waals surface area contributed by atoms with E-state index in [0.717, 1.165) is 30.9 Å². The van der Waals surface area contributed by atoms with Crippen LogP contribution in [0.2, 0.25) is 0 Å². The fourth-order valence-corrected chi connectivity index (χ4v) is 4.02. The lowest BCUT2D eigenvalue weighted by atomic mass is 9.93. The largest absolute Gasteiger partial charge is 0.298 e. The van der Waals surface area contributed by atoms with Crippen LogP contribution in [0.15, 0.2) is 0 Å². The predicted octanol–water partition coefficient (Wildman–Crippen LogP) is 1.55. The summed E-state index contributed by atoms with van der Waals surface area (Å²) in [4.78, 5) is 14.3. The predicted molar refractivity (Wildman–Crippen MR) is 56.1 cm³/mol. The van der Waals surface area contributed by atoms with Gasteiger partial charge in [0.15, 0.2) is 5.78 Å². The highest BCUT2D eigenvalue weighted by atomic mass is 32.2. The zero-order chi connectivity index (χ0) is 9.47. The van der Waals surface area contributed by atoms with Crippen LogP contribution in [-0.4, -0.2) is 40.3 Å². The first-order chi connectivity index (χ1) is 6.17. The molecule has 2 aliphatic rings. The van der Waals surface area contributed by atoms with Gasteiger partial charge in [-0.2, -0.15) is 11.8 Å². The number of hydrogen-bond donors (Lipinski definition) is 0. The van der Waals surface area contributed by atoms with Gasteiger partial charge in [0.25, 0.3) is 0 Å². The maximum absolute atomic E-state index is 11.9. The Morgan fingerprint density at radius 2 is 2.31 bits per heavy atom. The molecular formula is C10H17NOS. The van der Waals surface area contributed by atoms with Crippen molar-refractivity contribution >= 4 is 17.5 Å². The summed E-state index contributed by atoms with van der Waals surface area (Å²) in [6, 6.07) is 0.519. The molecule has 0 radical (unpaired) electrons. The Morgan fingerprint density at radius 3 is 2.85 bits per heavy atom. The summed E-state index contributed by atoms with van der Waals surface area (Å²) in [5.41, 5.74) is -0.0567. The standard InChI is InChI=1S/C10H17NOS/c1-8(2)11-5-3-9(12)10(11)4-6-13-7-10/h8H,3-7H2,1-2H3. The lowest BCUT2D eigenvalue weighted by Crippen LogP contribution is -2.51. The zero-order valence-corrected chi connectivity index (χ0v) is 9.19. The van der Waals surface area contributed by atoms with Gasteiger partial charge < -0.3 is 0 Å². The second-order valence-electron chi connectivity index (χ2n) is 4.29. The van der Waals surface area contributed by atoms with Crippen molar-refractivity contribution in [3.05, 3.63) is 0 Å². The van der Waals surface area contributed by atoms with Crippen molar-refractivity contribution < 1.29 is 4.79 Å². The molecule has 0 N–H and O–H groups in total. The fraction of sp³-hybridized carbons (Fsp3) is 0.900. The van der Waals surface area contributed by atoms with E-state index in [1.807, 2.05) is 11.8 Å². The van der Waals surface area contributed by atoms with Crippen molar-refractivity contribution in [3.8, 4) is 0 Å². The quantitative estimate of drug-likeness (QED) is 0.639. The zero-order valence-electron chi connectivity index (χ0n) is 8.38. The average molecular weight is 199 g/mol. The summed E-state index contributed by atoms with van der Waals surface area (Å²) in [7, 11) is 0. The van der Waals surface area contributed by atoms with Crippen molar-refractivity contribution in [2.45, 2.75) is 38.3 Å². The van der Waals surface area contributed by atoms with Gasteiger partial charge in [0, 0.05) is 24.8 Å². The molecule has 1 unspecified atom stereocenters. The van der Waals surface area contributed by atoms with E-state index in [9.17, 15) is 4.79 Å². The molecule has 2 heterocycles. The minimum Gasteiger partial charge on any atom is -0.298 e. The first-order valence-electron chi connectivity index (χ1n) is 5.04. The van der Waals surface area contributed by atoms with E-state index in [1.165, 1.54) is 0 Å². The minimum atomic E-state index is -0.0567. The topological polar surface area (TPSA) is 20.3 Å². The van der Waals surface area contributed by atoms with Crippen LogP contribution < -0.4 is 0 Å². The van der Waals surface area contributed by atoms with Gasteiger partial charge in [-0.05, 0) is 26.0 Å². The van der Waals surface area contributed by atoms with Gasteiger partial charge in [0.05, 0.1) is 5.54 Å². The van der Waals surface area contributed by atoms with Crippen LogP contribution in [0.5, 0.6) is 0 Å². The second-order valence-corrected chi connectivity index (χ2v) is 5.40. The first kappa shape index (κ1) is 9.53. The lowest BCUT2D eigenvalue weighted by molar-refractivity contribution is -0.124. The Balaban J connectivity index is 2.25. The third kappa shape index (κ3) is 1.33. The van der Waals surface area contributed by atoms with Crippen LogP contribution in [0.3, 0.4) is 0 Å². The van der Waals surface area contributed by atoms with Gasteiger partial charge in [0.2, 0.25) is 0 Å². The van der Waals surface area contributed by atoms with E-state index >= 15 is 0 Å². The molecule has 0 aromatic rings. The van der Waals surface area contributed by atoms with Gasteiger partial charge >= 0.3 is 0 Å². The maximum atomic E-state index is 11.9. The molecule has 2 rings (SSSR count). The third-order valence-electron chi connectivity index (χ3n) is 3.27. The molecule has 0 amide bonds. The summed E-state index contributed by atoms with van der Waals surface area (Å²) < 4.78 is 0. The molecule has 2 aliphatic heterocycles. The Labute approximate surface area is 84.1 Å². The number of hydrogen-bond acceptors (Lipinski definition) is 3. The molecular weight excluding hydrogens is 182 g/mol. The van der Waals surface area contributed by atoms with E-state index in [4.69, 9.17) is 0 Å². The number of rotatable bonds is 1. The molecule has 3 heteroatoms. The third-order valence-corrected chi connectivity index (χ3v) is 4.45. The van der Waals surface area contributed by atoms with Crippen molar-refractivity contribution in [2.75, 3.05) is 18.1 Å². The van der Waals surface area contributed by atoms with Crippen LogP contribution in [0.4, 0.5) is 0 Å². The number of carbonyl (C=O) groups is 1. The van der Waals surface area contributed by atoms with Crippen molar-refractivity contribution in [2.24, 2.45) is 0 Å². The smallest absolute Gasteiger partial charge is 0.155 e. The summed E-state index contributed by atoms with van der Waals surface area (Å²) in [6.45, 7) is 5.38. The van der Waals surface area contributed by atoms with E-state index in [1.54, 1.807) is 0 Å². The van der Waals surface area contributed by atoms with E-state index in [0.29, 0.717) is 11.8 Å². The summed E-state index contributed by atoms with van der Waals surface area (Å²) in [5.74, 6) is 2.69. The Kier molecular flexibility index (Phi) is 2.41. The molecule has 1 spiro atoms. The molecule has 0 aromatic heterocycles. The molecule has 2 fully saturated rings. The monoisotopic (exact) mass is 199 g/mol. The van der Waals surface area contributed by atoms with E-state index < -0.39 is 0 Å². The van der Waals surface area contributed by atoms with Gasteiger partial charge in [-0.25, -0.2) is 0 Å². The van der Waals surface area contributed by atoms with E-state index in [2.05, 4.69) is 18.7 Å². The molecule has 2 saturated heterocycles. The Hall–Kier alpha value is -0.0200. The number of Topliss-reactive ketones (excluding diaryl/α,β-unsaturated/α-hetero) is 1. The molecule has 13 heavy (non-hydrogen) atoms. The van der Waals surface area contributed by atoms with Crippen LogP contribution in [0.1, 0.15) is 26.7 Å². The number of ketones is 1. The minimum absolute atomic E-state index is 0.0567. The number of likely N-dealkylation sites (tertiary alicyclic amines) is 1. The van der Waals surface area contributed by atoms with Gasteiger partial charge in [-0.3, -0.25) is 9.69 Å². The van der Waals surface area contributed by atoms with Gasteiger partial charge in [-0.15, -0.1) is 0 Å². The highest BCUT2D eigenvalue weighted by Crippen LogP contribution is 2.39. The summed E-state index contributed by atoms with van der Waals surface area (Å²) >= 11 is 1.93.